The zero-order valence-corrected chi connectivity index (χ0v) is 11.2. The Balaban J connectivity index is 1.79. The molecule has 0 atom stereocenters. The molecule has 21 heavy (non-hydrogen) atoms. The van der Waals surface area contributed by atoms with Crippen LogP contribution in [0.15, 0.2) is 65.7 Å². The number of benzene rings is 1. The fourth-order valence-electron chi connectivity index (χ4n) is 2.47. The number of fused-ring (bicyclic) bond motifs is 2. The van der Waals surface area contributed by atoms with Gasteiger partial charge in [0.05, 0.1) is 12.1 Å². The van der Waals surface area contributed by atoms with E-state index >= 15 is 0 Å². The van der Waals surface area contributed by atoms with E-state index in [4.69, 9.17) is 0 Å². The number of nitrogens with zero attached hydrogens (tertiary/aromatic N) is 4. The van der Waals surface area contributed by atoms with E-state index in [1.54, 1.807) is 16.8 Å². The second-order valence-corrected chi connectivity index (χ2v) is 4.90. The maximum Gasteiger partial charge on any atom is 0.350 e. The second kappa shape index (κ2) is 4.56. The zero-order valence-electron chi connectivity index (χ0n) is 11.2. The van der Waals surface area contributed by atoms with Gasteiger partial charge in [0.25, 0.3) is 0 Å². The summed E-state index contributed by atoms with van der Waals surface area (Å²) in [5.74, 6) is 0. The molecule has 0 saturated heterocycles. The Kier molecular flexibility index (Phi) is 2.57. The minimum atomic E-state index is -0.128. The van der Waals surface area contributed by atoms with Gasteiger partial charge >= 0.3 is 5.69 Å². The van der Waals surface area contributed by atoms with Gasteiger partial charge in [0.1, 0.15) is 0 Å². The Labute approximate surface area is 120 Å². The molecule has 3 aromatic heterocycles. The van der Waals surface area contributed by atoms with Crippen molar-refractivity contribution in [1.82, 2.24) is 19.2 Å². The Morgan fingerprint density at radius 1 is 1.05 bits per heavy atom. The molecule has 4 aromatic rings. The molecular formula is C16H12N4O. The molecular weight excluding hydrogens is 264 g/mol. The van der Waals surface area contributed by atoms with Gasteiger partial charge in [-0.15, -0.1) is 5.10 Å². The van der Waals surface area contributed by atoms with Crippen LogP contribution in [0.3, 0.4) is 0 Å². The molecule has 0 aliphatic carbocycles. The third kappa shape index (κ3) is 1.99. The quantitative estimate of drug-likeness (QED) is 0.563. The summed E-state index contributed by atoms with van der Waals surface area (Å²) in [6.07, 6.45) is 3.50. The summed E-state index contributed by atoms with van der Waals surface area (Å²) in [5, 5.41) is 5.40. The highest BCUT2D eigenvalue weighted by atomic mass is 16.2. The van der Waals surface area contributed by atoms with E-state index < -0.39 is 0 Å². The number of hydrogen-bond donors (Lipinski definition) is 0. The Hall–Kier alpha value is -2.95. The fourth-order valence-corrected chi connectivity index (χ4v) is 2.47. The van der Waals surface area contributed by atoms with E-state index in [9.17, 15) is 4.79 Å². The monoisotopic (exact) mass is 276 g/mol. The van der Waals surface area contributed by atoms with Crippen molar-refractivity contribution in [2.24, 2.45) is 0 Å². The predicted molar refractivity (Wildman–Crippen MR) is 80.3 cm³/mol. The van der Waals surface area contributed by atoms with Crippen molar-refractivity contribution in [2.45, 2.75) is 6.54 Å². The first-order valence-electron chi connectivity index (χ1n) is 6.69. The SMILES string of the molecule is O=c1n(Cc2ccc3ncccc3c2)nc2ccccn12. The lowest BCUT2D eigenvalue weighted by Gasteiger charge is -2.02. The average molecular weight is 276 g/mol. The lowest BCUT2D eigenvalue weighted by atomic mass is 10.1. The van der Waals surface area contributed by atoms with Gasteiger partial charge in [0.15, 0.2) is 5.65 Å². The van der Waals surface area contributed by atoms with Crippen LogP contribution in [0.4, 0.5) is 0 Å². The van der Waals surface area contributed by atoms with Gasteiger partial charge in [-0.1, -0.05) is 18.2 Å². The Morgan fingerprint density at radius 3 is 2.90 bits per heavy atom. The molecule has 1 aromatic carbocycles. The summed E-state index contributed by atoms with van der Waals surface area (Å²) in [4.78, 5) is 16.5. The molecule has 102 valence electrons. The molecule has 0 aliphatic rings. The van der Waals surface area contributed by atoms with Crippen LogP contribution in [-0.2, 0) is 6.54 Å². The fraction of sp³-hybridized carbons (Fsp3) is 0.0625. The third-order valence-electron chi connectivity index (χ3n) is 3.49. The van der Waals surface area contributed by atoms with Crippen molar-refractivity contribution >= 4 is 16.6 Å². The topological polar surface area (TPSA) is 52.2 Å². The summed E-state index contributed by atoms with van der Waals surface area (Å²) in [6.45, 7) is 0.450. The lowest BCUT2D eigenvalue weighted by molar-refractivity contribution is 0.659. The van der Waals surface area contributed by atoms with Crippen molar-refractivity contribution in [3.05, 3.63) is 77.0 Å². The molecule has 0 aliphatic heterocycles. The van der Waals surface area contributed by atoms with Crippen LogP contribution < -0.4 is 5.69 Å². The number of rotatable bonds is 2. The molecule has 0 amide bonds. The van der Waals surface area contributed by atoms with Crippen LogP contribution >= 0.6 is 0 Å². The molecule has 0 radical (unpaired) electrons. The van der Waals surface area contributed by atoms with Gasteiger partial charge in [0.2, 0.25) is 0 Å². The number of aromatic nitrogens is 4. The van der Waals surface area contributed by atoms with Crippen molar-refractivity contribution in [3.8, 4) is 0 Å². The van der Waals surface area contributed by atoms with Crippen molar-refractivity contribution < 1.29 is 0 Å². The van der Waals surface area contributed by atoms with Crippen LogP contribution in [0.5, 0.6) is 0 Å². The van der Waals surface area contributed by atoms with Crippen molar-refractivity contribution in [1.29, 1.82) is 0 Å². The normalized spacial score (nSPS) is 11.2. The third-order valence-corrected chi connectivity index (χ3v) is 3.49. The van der Waals surface area contributed by atoms with Gasteiger partial charge in [-0.05, 0) is 35.9 Å². The molecule has 5 heteroatoms. The first-order chi connectivity index (χ1) is 10.3. The van der Waals surface area contributed by atoms with E-state index in [1.165, 1.54) is 4.68 Å². The van der Waals surface area contributed by atoms with E-state index in [2.05, 4.69) is 10.1 Å². The van der Waals surface area contributed by atoms with Gasteiger partial charge in [-0.3, -0.25) is 9.38 Å². The summed E-state index contributed by atoms with van der Waals surface area (Å²) in [7, 11) is 0. The minimum absolute atomic E-state index is 0.128. The highest BCUT2D eigenvalue weighted by molar-refractivity contribution is 5.78. The first kappa shape index (κ1) is 11.8. The van der Waals surface area contributed by atoms with E-state index in [0.717, 1.165) is 16.5 Å². The maximum absolute atomic E-state index is 12.2. The second-order valence-electron chi connectivity index (χ2n) is 4.90. The highest BCUT2D eigenvalue weighted by Gasteiger charge is 2.06. The summed E-state index contributed by atoms with van der Waals surface area (Å²) >= 11 is 0. The number of pyridine rings is 2. The van der Waals surface area contributed by atoms with Crippen LogP contribution in [0.1, 0.15) is 5.56 Å². The number of hydrogen-bond acceptors (Lipinski definition) is 3. The minimum Gasteiger partial charge on any atom is -0.256 e. The predicted octanol–water partition coefficient (Wildman–Crippen LogP) is 2.09. The molecule has 0 fully saturated rings. The molecule has 3 heterocycles. The molecule has 5 nitrogen and oxygen atoms in total. The Bertz CT molecular complexity index is 1000. The smallest absolute Gasteiger partial charge is 0.256 e. The zero-order chi connectivity index (χ0) is 14.2. The molecule has 4 rings (SSSR count). The highest BCUT2D eigenvalue weighted by Crippen LogP contribution is 2.13. The molecule has 0 saturated carbocycles. The van der Waals surface area contributed by atoms with Crippen LogP contribution in [-0.4, -0.2) is 19.2 Å². The average Bonchev–Trinajstić information content (AvgIpc) is 2.84. The summed E-state index contributed by atoms with van der Waals surface area (Å²) in [6, 6.07) is 15.4. The van der Waals surface area contributed by atoms with Gasteiger partial charge in [-0.2, -0.15) is 0 Å². The van der Waals surface area contributed by atoms with E-state index in [0.29, 0.717) is 12.2 Å². The molecule has 0 N–H and O–H groups in total. The first-order valence-corrected chi connectivity index (χ1v) is 6.69. The molecule has 0 spiro atoms. The molecule has 0 unspecified atom stereocenters. The maximum atomic E-state index is 12.2. The van der Waals surface area contributed by atoms with Crippen molar-refractivity contribution in [3.63, 3.8) is 0 Å². The van der Waals surface area contributed by atoms with Gasteiger partial charge < -0.3 is 0 Å². The van der Waals surface area contributed by atoms with Crippen LogP contribution in [0.25, 0.3) is 16.6 Å². The summed E-state index contributed by atoms with van der Waals surface area (Å²) < 4.78 is 3.02. The Morgan fingerprint density at radius 2 is 2.00 bits per heavy atom. The van der Waals surface area contributed by atoms with E-state index in [1.807, 2.05) is 48.5 Å². The largest absolute Gasteiger partial charge is 0.350 e. The van der Waals surface area contributed by atoms with Crippen LogP contribution in [0, 0.1) is 0 Å². The van der Waals surface area contributed by atoms with Crippen molar-refractivity contribution in [2.75, 3.05) is 0 Å². The van der Waals surface area contributed by atoms with Crippen LogP contribution in [0.2, 0.25) is 0 Å². The molecule has 0 bridgehead atoms. The standard InChI is InChI=1S/C16H12N4O/c21-16-19-9-2-1-5-15(19)18-20(16)11-12-6-7-14-13(10-12)4-3-8-17-14/h1-10H,11H2. The van der Waals surface area contributed by atoms with Gasteiger partial charge in [0, 0.05) is 17.8 Å². The van der Waals surface area contributed by atoms with E-state index in [-0.39, 0.29) is 5.69 Å². The summed E-state index contributed by atoms with van der Waals surface area (Å²) in [5.41, 5.74) is 2.51. The lowest BCUT2D eigenvalue weighted by Crippen LogP contribution is -2.21. The van der Waals surface area contributed by atoms with Gasteiger partial charge in [-0.25, -0.2) is 9.48 Å².